The van der Waals surface area contributed by atoms with E-state index in [9.17, 15) is 9.59 Å². The van der Waals surface area contributed by atoms with Crippen molar-refractivity contribution in [3.05, 3.63) is 83.4 Å². The maximum atomic E-state index is 13.1. The molecule has 4 rings (SSSR count). The molecule has 0 atom stereocenters. The third-order valence-corrected chi connectivity index (χ3v) is 6.91. The van der Waals surface area contributed by atoms with Crippen LogP contribution in [-0.2, 0) is 6.54 Å². The molecule has 0 fully saturated rings. The molecule has 0 saturated carbocycles. The lowest BCUT2D eigenvalue weighted by Gasteiger charge is -2.21. The Bertz CT molecular complexity index is 1100. The van der Waals surface area contributed by atoms with Gasteiger partial charge in [-0.3, -0.25) is 9.59 Å². The lowest BCUT2D eigenvalue weighted by atomic mass is 10.1. The van der Waals surface area contributed by atoms with Gasteiger partial charge in [0.05, 0.1) is 11.3 Å². The van der Waals surface area contributed by atoms with E-state index in [1.165, 1.54) is 4.90 Å². The van der Waals surface area contributed by atoms with Crippen molar-refractivity contribution in [1.29, 1.82) is 0 Å². The zero-order valence-electron chi connectivity index (χ0n) is 16.8. The first kappa shape index (κ1) is 20.6. The molecule has 3 aromatic rings. The average molecular weight is 435 g/mol. The molecule has 1 aliphatic rings. The van der Waals surface area contributed by atoms with E-state index in [4.69, 9.17) is 0 Å². The Balaban J connectivity index is 1.57. The van der Waals surface area contributed by atoms with Crippen LogP contribution in [0.4, 0.5) is 5.69 Å². The molecule has 6 heteroatoms. The predicted octanol–water partition coefficient (Wildman–Crippen LogP) is 5.47. The first-order valence-corrected chi connectivity index (χ1v) is 11.8. The fraction of sp³-hybridized carbons (Fsp3) is 0.167. The molecule has 1 aliphatic heterocycles. The Morgan fingerprint density at radius 3 is 2.53 bits per heavy atom. The standard InChI is InChI=1S/C24H22N2O2S2/c1-3-26-20-14-17(23(27)25-15-16-8-11-18(29-2)12-9-16)10-13-22(20)30-21-7-5-4-6-19(21)24(26)28/h4-14H,3,15H2,1-2H3,(H,25,27). The average Bonchev–Trinajstić information content (AvgIpc) is 2.91. The number of carbonyl (C=O) groups excluding carboxylic acids is 2. The van der Waals surface area contributed by atoms with Crippen LogP contribution >= 0.6 is 23.5 Å². The van der Waals surface area contributed by atoms with Gasteiger partial charge in [0.25, 0.3) is 11.8 Å². The number of rotatable bonds is 5. The summed E-state index contributed by atoms with van der Waals surface area (Å²) in [5.41, 5.74) is 3.07. The molecular weight excluding hydrogens is 412 g/mol. The van der Waals surface area contributed by atoms with Gasteiger partial charge in [-0.2, -0.15) is 0 Å². The zero-order valence-corrected chi connectivity index (χ0v) is 18.5. The van der Waals surface area contributed by atoms with Gasteiger partial charge < -0.3 is 10.2 Å². The summed E-state index contributed by atoms with van der Waals surface area (Å²) in [5.74, 6) is -0.187. The van der Waals surface area contributed by atoms with Gasteiger partial charge in [-0.1, -0.05) is 36.0 Å². The van der Waals surface area contributed by atoms with Crippen molar-refractivity contribution in [2.45, 2.75) is 28.2 Å². The van der Waals surface area contributed by atoms with Crippen molar-refractivity contribution < 1.29 is 9.59 Å². The van der Waals surface area contributed by atoms with Crippen LogP contribution in [0.1, 0.15) is 33.2 Å². The van der Waals surface area contributed by atoms with Gasteiger partial charge in [0.1, 0.15) is 0 Å². The molecule has 0 aliphatic carbocycles. The highest BCUT2D eigenvalue weighted by Crippen LogP contribution is 2.41. The van der Waals surface area contributed by atoms with E-state index in [2.05, 4.69) is 5.32 Å². The molecule has 0 unspecified atom stereocenters. The highest BCUT2D eigenvalue weighted by atomic mass is 32.2. The summed E-state index contributed by atoms with van der Waals surface area (Å²) in [4.78, 5) is 30.7. The number of hydrogen-bond acceptors (Lipinski definition) is 4. The largest absolute Gasteiger partial charge is 0.348 e. The molecule has 0 bridgehead atoms. The van der Waals surface area contributed by atoms with Crippen LogP contribution in [0.5, 0.6) is 0 Å². The van der Waals surface area contributed by atoms with Crippen molar-refractivity contribution in [3.8, 4) is 0 Å². The summed E-state index contributed by atoms with van der Waals surface area (Å²) >= 11 is 3.25. The van der Waals surface area contributed by atoms with E-state index in [1.54, 1.807) is 28.4 Å². The maximum absolute atomic E-state index is 13.1. The quantitative estimate of drug-likeness (QED) is 0.541. The molecule has 0 spiro atoms. The number of carbonyl (C=O) groups is 2. The molecule has 2 amide bonds. The number of thioether (sulfide) groups is 1. The molecule has 0 aromatic heterocycles. The summed E-state index contributed by atoms with van der Waals surface area (Å²) < 4.78 is 0. The second kappa shape index (κ2) is 8.98. The van der Waals surface area contributed by atoms with Gasteiger partial charge in [-0.25, -0.2) is 0 Å². The summed E-state index contributed by atoms with van der Waals surface area (Å²) in [6.07, 6.45) is 2.04. The summed E-state index contributed by atoms with van der Waals surface area (Å²) in [6, 6.07) is 21.4. The van der Waals surface area contributed by atoms with Crippen molar-refractivity contribution in [2.75, 3.05) is 17.7 Å². The minimum atomic E-state index is -0.151. The molecule has 4 nitrogen and oxygen atoms in total. The Morgan fingerprint density at radius 1 is 1.03 bits per heavy atom. The Kier molecular flexibility index (Phi) is 6.16. The van der Waals surface area contributed by atoms with E-state index >= 15 is 0 Å². The molecule has 3 aromatic carbocycles. The SMILES string of the molecule is CCN1C(=O)c2ccccc2Sc2ccc(C(=O)NCc3ccc(SC)cc3)cc21. The van der Waals surface area contributed by atoms with Gasteiger partial charge in [0, 0.05) is 33.3 Å². The Hall–Kier alpha value is -2.70. The van der Waals surface area contributed by atoms with E-state index in [0.29, 0.717) is 24.2 Å². The van der Waals surface area contributed by atoms with Crippen molar-refractivity contribution >= 4 is 41.0 Å². The Morgan fingerprint density at radius 2 is 1.80 bits per heavy atom. The van der Waals surface area contributed by atoms with Crippen LogP contribution in [-0.4, -0.2) is 24.6 Å². The van der Waals surface area contributed by atoms with Crippen molar-refractivity contribution in [3.63, 3.8) is 0 Å². The third-order valence-electron chi connectivity index (χ3n) is 5.02. The molecule has 0 saturated heterocycles. The van der Waals surface area contributed by atoms with Crippen LogP contribution in [0.25, 0.3) is 0 Å². The van der Waals surface area contributed by atoms with E-state index in [0.717, 1.165) is 21.0 Å². The highest BCUT2D eigenvalue weighted by Gasteiger charge is 2.26. The van der Waals surface area contributed by atoms with E-state index < -0.39 is 0 Å². The van der Waals surface area contributed by atoms with Gasteiger partial charge in [0.15, 0.2) is 0 Å². The molecular formula is C24H22N2O2S2. The van der Waals surface area contributed by atoms with Gasteiger partial charge >= 0.3 is 0 Å². The molecule has 1 N–H and O–H groups in total. The second-order valence-corrected chi connectivity index (χ2v) is 8.82. The number of anilines is 1. The normalized spacial score (nSPS) is 12.7. The monoisotopic (exact) mass is 434 g/mol. The topological polar surface area (TPSA) is 49.4 Å². The minimum absolute atomic E-state index is 0.0363. The molecule has 152 valence electrons. The minimum Gasteiger partial charge on any atom is -0.348 e. The third kappa shape index (κ3) is 4.11. The molecule has 30 heavy (non-hydrogen) atoms. The lowest BCUT2D eigenvalue weighted by molar-refractivity contribution is 0.0947. The van der Waals surface area contributed by atoms with Crippen molar-refractivity contribution in [2.24, 2.45) is 0 Å². The van der Waals surface area contributed by atoms with E-state index in [-0.39, 0.29) is 11.8 Å². The Labute approximate surface area is 185 Å². The summed E-state index contributed by atoms with van der Waals surface area (Å²) in [6.45, 7) is 2.94. The van der Waals surface area contributed by atoms with Crippen LogP contribution in [0.2, 0.25) is 0 Å². The van der Waals surface area contributed by atoms with Gasteiger partial charge in [0.2, 0.25) is 0 Å². The van der Waals surface area contributed by atoms with Gasteiger partial charge in [-0.15, -0.1) is 11.8 Å². The predicted molar refractivity (Wildman–Crippen MR) is 124 cm³/mol. The summed E-state index contributed by atoms with van der Waals surface area (Å²) in [7, 11) is 0. The number of nitrogens with one attached hydrogen (secondary N) is 1. The van der Waals surface area contributed by atoms with Crippen LogP contribution in [0, 0.1) is 0 Å². The lowest BCUT2D eigenvalue weighted by Crippen LogP contribution is -2.31. The second-order valence-electron chi connectivity index (χ2n) is 6.86. The number of fused-ring (bicyclic) bond motifs is 2. The number of amides is 2. The fourth-order valence-electron chi connectivity index (χ4n) is 3.40. The number of nitrogens with zero attached hydrogens (tertiary/aromatic N) is 1. The molecule has 0 radical (unpaired) electrons. The van der Waals surface area contributed by atoms with E-state index in [1.807, 2.05) is 79.9 Å². The molecule has 1 heterocycles. The summed E-state index contributed by atoms with van der Waals surface area (Å²) in [5, 5.41) is 2.98. The highest BCUT2D eigenvalue weighted by molar-refractivity contribution is 7.99. The van der Waals surface area contributed by atoms with Crippen LogP contribution in [0.15, 0.2) is 81.4 Å². The first-order valence-electron chi connectivity index (χ1n) is 9.74. The smallest absolute Gasteiger partial charge is 0.259 e. The first-order chi connectivity index (χ1) is 14.6. The number of hydrogen-bond donors (Lipinski definition) is 1. The maximum Gasteiger partial charge on any atom is 0.259 e. The van der Waals surface area contributed by atoms with Crippen molar-refractivity contribution in [1.82, 2.24) is 5.32 Å². The van der Waals surface area contributed by atoms with Crippen LogP contribution < -0.4 is 10.2 Å². The fourth-order valence-corrected chi connectivity index (χ4v) is 4.87. The van der Waals surface area contributed by atoms with Gasteiger partial charge in [-0.05, 0) is 61.2 Å². The van der Waals surface area contributed by atoms with Crippen LogP contribution in [0.3, 0.4) is 0 Å². The zero-order chi connectivity index (χ0) is 21.1. The number of benzene rings is 3.